The number of benzene rings is 1. The number of ether oxygens (including phenoxy) is 4. The first-order valence-electron chi connectivity index (χ1n) is 6.28. The van der Waals surface area contributed by atoms with Crippen LogP contribution in [0.1, 0.15) is 10.4 Å². The number of halogens is 1. The van der Waals surface area contributed by atoms with Crippen molar-refractivity contribution in [3.8, 4) is 17.2 Å². The van der Waals surface area contributed by atoms with Crippen molar-refractivity contribution in [2.45, 2.75) is 5.38 Å². The molecule has 0 aliphatic carbocycles. The number of hydrogen-bond acceptors (Lipinski definition) is 5. The molecule has 1 aromatic rings. The van der Waals surface area contributed by atoms with Gasteiger partial charge in [-0.05, 0) is 12.1 Å². The molecular weight excluding hydrogens is 298 g/mol. The number of alkyl halides is 1. The third kappa shape index (κ3) is 4.68. The summed E-state index contributed by atoms with van der Waals surface area (Å²) in [5.41, 5.74) is 0.394. The summed E-state index contributed by atoms with van der Waals surface area (Å²) >= 11 is 5.97. The second-order valence-electron chi connectivity index (χ2n) is 4.18. The molecule has 1 amide bonds. The largest absolute Gasteiger partial charge is 0.493 e. The smallest absolute Gasteiger partial charge is 0.251 e. The highest BCUT2D eigenvalue weighted by molar-refractivity contribution is 6.21. The molecule has 0 aliphatic heterocycles. The lowest BCUT2D eigenvalue weighted by Crippen LogP contribution is -2.31. The standard InChI is InChI=1S/C14H20ClNO5/c1-18-8-10(15)7-16-14(17)9-5-11(19-2)13(21-4)12(6-9)20-3/h5-6,10H,7-8H2,1-4H3,(H,16,17). The van der Waals surface area contributed by atoms with Crippen LogP contribution in [0, 0.1) is 0 Å². The van der Waals surface area contributed by atoms with E-state index in [0.29, 0.717) is 36.0 Å². The van der Waals surface area contributed by atoms with Crippen LogP contribution in [0.2, 0.25) is 0 Å². The maximum absolute atomic E-state index is 12.1. The maximum atomic E-state index is 12.1. The van der Waals surface area contributed by atoms with Crippen LogP contribution >= 0.6 is 11.6 Å². The fourth-order valence-corrected chi connectivity index (χ4v) is 1.96. The summed E-state index contributed by atoms with van der Waals surface area (Å²) in [6.07, 6.45) is 0. The zero-order valence-corrected chi connectivity index (χ0v) is 13.3. The van der Waals surface area contributed by atoms with Crippen molar-refractivity contribution in [1.29, 1.82) is 0 Å². The maximum Gasteiger partial charge on any atom is 0.251 e. The van der Waals surface area contributed by atoms with Gasteiger partial charge in [0.15, 0.2) is 11.5 Å². The first kappa shape index (κ1) is 17.4. The number of carbonyl (C=O) groups excluding carboxylic acids is 1. The third-order valence-corrected chi connectivity index (χ3v) is 3.04. The Balaban J connectivity index is 2.89. The summed E-state index contributed by atoms with van der Waals surface area (Å²) < 4.78 is 20.5. The van der Waals surface area contributed by atoms with Gasteiger partial charge >= 0.3 is 0 Å². The number of hydrogen-bond donors (Lipinski definition) is 1. The average molecular weight is 318 g/mol. The minimum atomic E-state index is -0.291. The van der Waals surface area contributed by atoms with Crippen LogP contribution in [0.25, 0.3) is 0 Å². The quantitative estimate of drug-likeness (QED) is 0.739. The van der Waals surface area contributed by atoms with Crippen LogP contribution in [-0.2, 0) is 4.74 Å². The molecule has 0 heterocycles. The van der Waals surface area contributed by atoms with Crippen molar-refractivity contribution in [1.82, 2.24) is 5.32 Å². The zero-order valence-electron chi connectivity index (χ0n) is 12.6. The lowest BCUT2D eigenvalue weighted by atomic mass is 10.1. The molecular formula is C14H20ClNO5. The SMILES string of the molecule is COCC(Cl)CNC(=O)c1cc(OC)c(OC)c(OC)c1. The van der Waals surface area contributed by atoms with E-state index in [4.69, 9.17) is 30.5 Å². The van der Waals surface area contributed by atoms with Crippen LogP contribution in [0.3, 0.4) is 0 Å². The third-order valence-electron chi connectivity index (χ3n) is 2.76. The molecule has 1 atom stereocenters. The molecule has 0 fully saturated rings. The van der Waals surface area contributed by atoms with Crippen LogP contribution in [-0.4, -0.2) is 52.9 Å². The molecule has 7 heteroatoms. The van der Waals surface area contributed by atoms with Gasteiger partial charge in [-0.1, -0.05) is 0 Å². The van der Waals surface area contributed by atoms with E-state index in [2.05, 4.69) is 5.32 Å². The Hall–Kier alpha value is -1.66. The fraction of sp³-hybridized carbons (Fsp3) is 0.500. The molecule has 6 nitrogen and oxygen atoms in total. The van der Waals surface area contributed by atoms with E-state index in [0.717, 1.165) is 0 Å². The highest BCUT2D eigenvalue weighted by atomic mass is 35.5. The van der Waals surface area contributed by atoms with Gasteiger partial charge in [-0.15, -0.1) is 11.6 Å². The van der Waals surface area contributed by atoms with Gasteiger partial charge in [0.05, 0.1) is 33.3 Å². The van der Waals surface area contributed by atoms with Gasteiger partial charge in [-0.3, -0.25) is 4.79 Å². The summed E-state index contributed by atoms with van der Waals surface area (Å²) in [5.74, 6) is 0.991. The molecule has 0 saturated carbocycles. The molecule has 1 N–H and O–H groups in total. The van der Waals surface area contributed by atoms with Gasteiger partial charge in [-0.25, -0.2) is 0 Å². The summed E-state index contributed by atoms with van der Waals surface area (Å²) in [5, 5.41) is 2.43. The van der Waals surface area contributed by atoms with Crippen molar-refractivity contribution in [3.63, 3.8) is 0 Å². The van der Waals surface area contributed by atoms with Gasteiger partial charge < -0.3 is 24.3 Å². The van der Waals surface area contributed by atoms with Gasteiger partial charge in [0.2, 0.25) is 5.75 Å². The topological polar surface area (TPSA) is 66.0 Å². The first-order valence-corrected chi connectivity index (χ1v) is 6.72. The highest BCUT2D eigenvalue weighted by Crippen LogP contribution is 2.38. The van der Waals surface area contributed by atoms with E-state index in [1.165, 1.54) is 21.3 Å². The van der Waals surface area contributed by atoms with Crippen LogP contribution in [0.5, 0.6) is 17.2 Å². The van der Waals surface area contributed by atoms with E-state index < -0.39 is 0 Å². The van der Waals surface area contributed by atoms with Crippen molar-refractivity contribution in [2.75, 3.05) is 41.6 Å². The number of nitrogens with one attached hydrogen (secondary N) is 1. The van der Waals surface area contributed by atoms with E-state index >= 15 is 0 Å². The Labute approximate surface area is 129 Å². The lowest BCUT2D eigenvalue weighted by Gasteiger charge is -2.14. The summed E-state index contributed by atoms with van der Waals surface area (Å²) in [6.45, 7) is 0.655. The molecule has 1 rings (SSSR count). The molecule has 0 saturated heterocycles. The Kier molecular flexibility index (Phi) is 7.11. The molecule has 118 valence electrons. The number of amides is 1. The van der Waals surface area contributed by atoms with E-state index in [1.807, 2.05) is 0 Å². The van der Waals surface area contributed by atoms with Crippen LogP contribution in [0.4, 0.5) is 0 Å². The molecule has 21 heavy (non-hydrogen) atoms. The second kappa shape index (κ2) is 8.59. The highest BCUT2D eigenvalue weighted by Gasteiger charge is 2.17. The Bertz CT molecular complexity index is 455. The minimum Gasteiger partial charge on any atom is -0.493 e. The van der Waals surface area contributed by atoms with Gasteiger partial charge in [0, 0.05) is 19.2 Å². The number of carbonyl (C=O) groups is 1. The minimum absolute atomic E-state index is 0.281. The fourth-order valence-electron chi connectivity index (χ4n) is 1.76. The Morgan fingerprint density at radius 2 is 1.71 bits per heavy atom. The van der Waals surface area contributed by atoms with Gasteiger partial charge in [-0.2, -0.15) is 0 Å². The number of rotatable bonds is 8. The molecule has 0 aliphatic rings. The lowest BCUT2D eigenvalue weighted by molar-refractivity contribution is 0.0948. The molecule has 0 radical (unpaired) electrons. The van der Waals surface area contributed by atoms with E-state index in [-0.39, 0.29) is 11.3 Å². The number of methoxy groups -OCH3 is 4. The van der Waals surface area contributed by atoms with E-state index in [9.17, 15) is 4.79 Å². The molecule has 0 aromatic heterocycles. The Morgan fingerprint density at radius 1 is 1.14 bits per heavy atom. The van der Waals surface area contributed by atoms with Crippen molar-refractivity contribution >= 4 is 17.5 Å². The predicted octanol–water partition coefficient (Wildman–Crippen LogP) is 1.70. The van der Waals surface area contributed by atoms with Gasteiger partial charge in [0.25, 0.3) is 5.91 Å². The predicted molar refractivity (Wildman–Crippen MR) is 79.9 cm³/mol. The average Bonchev–Trinajstić information content (AvgIpc) is 2.51. The molecule has 0 bridgehead atoms. The summed E-state index contributed by atoms with van der Waals surface area (Å²) in [4.78, 5) is 12.1. The molecule has 0 spiro atoms. The molecule has 1 unspecified atom stereocenters. The zero-order chi connectivity index (χ0) is 15.8. The first-order chi connectivity index (χ1) is 10.1. The summed E-state index contributed by atoms with van der Waals surface area (Å²) in [7, 11) is 6.04. The van der Waals surface area contributed by atoms with Crippen LogP contribution < -0.4 is 19.5 Å². The van der Waals surface area contributed by atoms with E-state index in [1.54, 1.807) is 19.2 Å². The van der Waals surface area contributed by atoms with Crippen LogP contribution in [0.15, 0.2) is 12.1 Å². The van der Waals surface area contributed by atoms with Gasteiger partial charge in [0.1, 0.15) is 0 Å². The monoisotopic (exact) mass is 317 g/mol. The molecule has 1 aromatic carbocycles. The van der Waals surface area contributed by atoms with Crippen molar-refractivity contribution in [2.24, 2.45) is 0 Å². The summed E-state index contributed by atoms with van der Waals surface area (Å²) in [6, 6.07) is 3.16. The normalized spacial score (nSPS) is 11.7. The second-order valence-corrected chi connectivity index (χ2v) is 4.79. The van der Waals surface area contributed by atoms with Crippen molar-refractivity contribution < 1.29 is 23.7 Å². The Morgan fingerprint density at radius 3 is 2.14 bits per heavy atom. The van der Waals surface area contributed by atoms with Crippen molar-refractivity contribution in [3.05, 3.63) is 17.7 Å².